The number of hydrogen-bond acceptors (Lipinski definition) is 3. The number of fused-ring (bicyclic) bond motifs is 1. The van der Waals surface area contributed by atoms with Crippen LogP contribution in [0.2, 0.25) is 0 Å². The minimum Gasteiger partial charge on any atom is -0.481 e. The van der Waals surface area contributed by atoms with Crippen LogP contribution in [0, 0.1) is 17.6 Å². The van der Waals surface area contributed by atoms with E-state index >= 15 is 0 Å². The molecule has 8 heteroatoms. The molecule has 1 N–H and O–H groups in total. The van der Waals surface area contributed by atoms with E-state index in [1.165, 1.54) is 16.8 Å². The van der Waals surface area contributed by atoms with Gasteiger partial charge in [-0.1, -0.05) is 6.07 Å². The zero-order valence-corrected chi connectivity index (χ0v) is 15.5. The Morgan fingerprint density at radius 3 is 2.75 bits per heavy atom. The van der Waals surface area contributed by atoms with Crippen LogP contribution in [0.4, 0.5) is 8.78 Å². The van der Waals surface area contributed by atoms with Gasteiger partial charge in [-0.05, 0) is 51.2 Å². The van der Waals surface area contributed by atoms with Gasteiger partial charge in [-0.15, -0.1) is 0 Å². The number of carbonyl (C=O) groups excluding carboxylic acids is 1. The lowest BCUT2D eigenvalue weighted by atomic mass is 9.90. The van der Waals surface area contributed by atoms with Crippen LogP contribution in [-0.4, -0.2) is 44.3 Å². The van der Waals surface area contributed by atoms with Gasteiger partial charge in [0.25, 0.3) is 5.91 Å². The van der Waals surface area contributed by atoms with E-state index in [9.17, 15) is 23.5 Å². The fourth-order valence-electron chi connectivity index (χ4n) is 4.36. The minimum atomic E-state index is -1.00. The Hall–Kier alpha value is -2.77. The van der Waals surface area contributed by atoms with Gasteiger partial charge < -0.3 is 10.0 Å². The number of nitrogens with zero attached hydrogens (tertiary/aromatic N) is 3. The van der Waals surface area contributed by atoms with Crippen molar-refractivity contribution in [3.05, 3.63) is 46.8 Å². The molecule has 1 aromatic carbocycles. The lowest BCUT2D eigenvalue weighted by molar-refractivity contribution is -0.144. The molecule has 148 valence electrons. The Balaban J connectivity index is 1.74. The number of likely N-dealkylation sites (tertiary alicyclic amines) is 1. The van der Waals surface area contributed by atoms with E-state index < -0.39 is 29.6 Å². The highest BCUT2D eigenvalue weighted by atomic mass is 19.2. The molecule has 2 heterocycles. The van der Waals surface area contributed by atoms with Crippen LogP contribution in [0.5, 0.6) is 0 Å². The number of halogens is 2. The number of benzene rings is 1. The van der Waals surface area contributed by atoms with E-state index in [1.54, 1.807) is 11.8 Å². The highest BCUT2D eigenvalue weighted by Crippen LogP contribution is 2.32. The van der Waals surface area contributed by atoms with Gasteiger partial charge in [-0.25, -0.2) is 13.5 Å². The molecular weight excluding hydrogens is 368 g/mol. The average Bonchev–Trinajstić information content (AvgIpc) is 3.26. The normalized spacial score (nSPS) is 21.6. The highest BCUT2D eigenvalue weighted by molar-refractivity contribution is 5.95. The van der Waals surface area contributed by atoms with Gasteiger partial charge >= 0.3 is 5.97 Å². The number of aromatic nitrogens is 2. The van der Waals surface area contributed by atoms with E-state index in [4.69, 9.17) is 0 Å². The first-order valence-corrected chi connectivity index (χ1v) is 9.49. The van der Waals surface area contributed by atoms with Crippen molar-refractivity contribution in [2.45, 2.75) is 45.1 Å². The number of piperidine rings is 1. The molecule has 4 rings (SSSR count). The molecule has 2 atom stereocenters. The lowest BCUT2D eigenvalue weighted by Crippen LogP contribution is -2.49. The molecule has 0 spiro atoms. The summed E-state index contributed by atoms with van der Waals surface area (Å²) in [7, 11) is 0. The second-order valence-electron chi connectivity index (χ2n) is 7.44. The van der Waals surface area contributed by atoms with Crippen LogP contribution in [0.1, 0.15) is 47.9 Å². The van der Waals surface area contributed by atoms with Crippen molar-refractivity contribution in [2.75, 3.05) is 6.54 Å². The summed E-state index contributed by atoms with van der Waals surface area (Å²) >= 11 is 0. The van der Waals surface area contributed by atoms with E-state index in [0.29, 0.717) is 37.9 Å². The zero-order valence-electron chi connectivity index (χ0n) is 15.5. The van der Waals surface area contributed by atoms with Crippen molar-refractivity contribution in [3.63, 3.8) is 0 Å². The molecule has 1 aliphatic heterocycles. The number of amides is 1. The van der Waals surface area contributed by atoms with E-state index in [-0.39, 0.29) is 17.3 Å². The lowest BCUT2D eigenvalue weighted by Gasteiger charge is -2.37. The third-order valence-corrected chi connectivity index (χ3v) is 5.86. The van der Waals surface area contributed by atoms with Crippen molar-refractivity contribution in [1.29, 1.82) is 0 Å². The molecule has 28 heavy (non-hydrogen) atoms. The Bertz CT molecular complexity index is 956. The number of hydrogen-bond donors (Lipinski definition) is 1. The van der Waals surface area contributed by atoms with Crippen molar-refractivity contribution < 1.29 is 23.5 Å². The number of carbonyl (C=O) groups is 2. The van der Waals surface area contributed by atoms with Gasteiger partial charge in [0, 0.05) is 23.8 Å². The smallest absolute Gasteiger partial charge is 0.308 e. The van der Waals surface area contributed by atoms with Gasteiger partial charge in [0.15, 0.2) is 17.3 Å². The number of aliphatic carboxylic acids is 1. The molecule has 1 amide bonds. The molecule has 0 bridgehead atoms. The molecule has 2 aliphatic rings. The summed E-state index contributed by atoms with van der Waals surface area (Å²) in [5, 5.41) is 13.8. The first-order valence-electron chi connectivity index (χ1n) is 9.49. The molecule has 1 saturated heterocycles. The van der Waals surface area contributed by atoms with Gasteiger partial charge in [0.1, 0.15) is 5.69 Å². The minimum absolute atomic E-state index is 0.0210. The zero-order chi connectivity index (χ0) is 20.0. The molecule has 1 fully saturated rings. The molecule has 6 nitrogen and oxygen atoms in total. The summed E-state index contributed by atoms with van der Waals surface area (Å²) in [4.78, 5) is 26.3. The largest absolute Gasteiger partial charge is 0.481 e. The summed E-state index contributed by atoms with van der Waals surface area (Å²) in [5.41, 5.74) is 1.66. The predicted molar refractivity (Wildman–Crippen MR) is 96.4 cm³/mol. The van der Waals surface area contributed by atoms with Crippen LogP contribution in [0.25, 0.3) is 5.69 Å². The number of carboxylic acid groups (broad SMARTS) is 1. The fraction of sp³-hybridized carbons (Fsp3) is 0.450. The van der Waals surface area contributed by atoms with E-state index in [2.05, 4.69) is 5.10 Å². The molecule has 1 aliphatic carbocycles. The molecule has 0 radical (unpaired) electrons. The van der Waals surface area contributed by atoms with Crippen molar-refractivity contribution in [3.8, 4) is 5.69 Å². The van der Waals surface area contributed by atoms with Gasteiger partial charge in [0.05, 0.1) is 5.92 Å². The first kappa shape index (κ1) is 18.6. The second-order valence-corrected chi connectivity index (χ2v) is 7.44. The van der Waals surface area contributed by atoms with Crippen molar-refractivity contribution in [2.24, 2.45) is 5.92 Å². The molecular formula is C20H21F2N3O3. The topological polar surface area (TPSA) is 75.4 Å². The predicted octanol–water partition coefficient (Wildman–Crippen LogP) is 2.96. The monoisotopic (exact) mass is 389 g/mol. The molecule has 1 aromatic heterocycles. The molecule has 2 aromatic rings. The maximum Gasteiger partial charge on any atom is 0.308 e. The summed E-state index contributed by atoms with van der Waals surface area (Å²) in [5.74, 6) is -3.85. The Kier molecular flexibility index (Phi) is 4.64. The quantitative estimate of drug-likeness (QED) is 0.876. The van der Waals surface area contributed by atoms with Crippen LogP contribution >= 0.6 is 0 Å². The summed E-state index contributed by atoms with van der Waals surface area (Å²) in [6.45, 7) is 2.19. The van der Waals surface area contributed by atoms with Crippen molar-refractivity contribution >= 4 is 11.9 Å². The third-order valence-electron chi connectivity index (χ3n) is 5.86. The Morgan fingerprint density at radius 1 is 1.21 bits per heavy atom. The van der Waals surface area contributed by atoms with E-state index in [0.717, 1.165) is 18.1 Å². The Labute approximate surface area is 160 Å². The van der Waals surface area contributed by atoms with Crippen LogP contribution in [-0.2, 0) is 17.6 Å². The van der Waals surface area contributed by atoms with Gasteiger partial charge in [0.2, 0.25) is 0 Å². The standard InChI is InChI=1S/C20H21F2N3O3/c1-11-12(20(27)28)6-4-10-24(11)19(26)18-13-5-2-8-15(13)25(23-18)16-9-3-7-14(21)17(16)22/h3,7,9,11-12H,2,4-6,8,10H2,1H3,(H,27,28)/t11-,12-/m1/s1. The SMILES string of the molecule is C[C@@H]1[C@H](C(=O)O)CCCN1C(=O)c1nn(-c2cccc(F)c2F)c2c1CCC2. The van der Waals surface area contributed by atoms with Gasteiger partial charge in [-0.2, -0.15) is 5.10 Å². The van der Waals surface area contributed by atoms with Gasteiger partial charge in [-0.3, -0.25) is 9.59 Å². The fourth-order valence-corrected chi connectivity index (χ4v) is 4.36. The maximum atomic E-state index is 14.3. The summed E-state index contributed by atoms with van der Waals surface area (Å²) in [6.07, 6.45) is 3.20. The van der Waals surface area contributed by atoms with Crippen LogP contribution in [0.3, 0.4) is 0 Å². The van der Waals surface area contributed by atoms with Crippen LogP contribution in [0.15, 0.2) is 18.2 Å². The molecule has 0 unspecified atom stereocenters. The Morgan fingerprint density at radius 2 is 2.00 bits per heavy atom. The van der Waals surface area contributed by atoms with E-state index in [1.807, 2.05) is 0 Å². The third kappa shape index (κ3) is 2.87. The van der Waals surface area contributed by atoms with Crippen molar-refractivity contribution in [1.82, 2.24) is 14.7 Å². The number of rotatable bonds is 3. The first-order chi connectivity index (χ1) is 13.4. The maximum absolute atomic E-state index is 14.3. The highest BCUT2D eigenvalue weighted by Gasteiger charge is 2.38. The summed E-state index contributed by atoms with van der Waals surface area (Å²) < 4.78 is 29.4. The van der Waals surface area contributed by atoms with Crippen LogP contribution < -0.4 is 0 Å². The second kappa shape index (κ2) is 7.00. The molecule has 0 saturated carbocycles. The number of carboxylic acids is 1. The average molecular weight is 389 g/mol. The summed E-state index contributed by atoms with van der Waals surface area (Å²) in [6, 6.07) is 3.42.